The Morgan fingerprint density at radius 3 is 3.17 bits per heavy atom. The van der Waals surface area contributed by atoms with Crippen LogP contribution in [0.3, 0.4) is 0 Å². The molecule has 0 amide bonds. The van der Waals surface area contributed by atoms with Crippen LogP contribution < -0.4 is 9.64 Å². The SMILES string of the molecule is COc1cncc(N2CCC(CCC(=O)O)C2)n1. The maximum atomic E-state index is 10.5. The minimum atomic E-state index is -0.727. The third-order valence-electron chi connectivity index (χ3n) is 3.19. The second-order valence-corrected chi connectivity index (χ2v) is 4.45. The maximum Gasteiger partial charge on any atom is 0.303 e. The Morgan fingerprint density at radius 1 is 1.61 bits per heavy atom. The van der Waals surface area contributed by atoms with Crippen molar-refractivity contribution in [3.05, 3.63) is 12.4 Å². The Bertz CT molecular complexity index is 425. The third-order valence-corrected chi connectivity index (χ3v) is 3.19. The van der Waals surface area contributed by atoms with Crippen LogP contribution in [0.25, 0.3) is 0 Å². The number of nitrogens with zero attached hydrogens (tertiary/aromatic N) is 3. The summed E-state index contributed by atoms with van der Waals surface area (Å²) >= 11 is 0. The predicted molar refractivity (Wildman–Crippen MR) is 65.8 cm³/mol. The Kier molecular flexibility index (Phi) is 3.96. The highest BCUT2D eigenvalue weighted by atomic mass is 16.5. The number of hydrogen-bond donors (Lipinski definition) is 1. The maximum absolute atomic E-state index is 10.5. The zero-order valence-electron chi connectivity index (χ0n) is 10.4. The van der Waals surface area contributed by atoms with Crippen LogP contribution in [0.1, 0.15) is 19.3 Å². The summed E-state index contributed by atoms with van der Waals surface area (Å²) in [4.78, 5) is 21.1. The highest BCUT2D eigenvalue weighted by Gasteiger charge is 2.24. The van der Waals surface area contributed by atoms with Crippen LogP contribution >= 0.6 is 0 Å². The highest BCUT2D eigenvalue weighted by molar-refractivity contribution is 5.66. The van der Waals surface area contributed by atoms with Crippen molar-refractivity contribution in [1.29, 1.82) is 0 Å². The van der Waals surface area contributed by atoms with Gasteiger partial charge in [-0.3, -0.25) is 9.78 Å². The molecule has 2 rings (SSSR count). The Labute approximate surface area is 106 Å². The molecule has 1 N–H and O–H groups in total. The van der Waals surface area contributed by atoms with E-state index < -0.39 is 5.97 Å². The van der Waals surface area contributed by atoms with Crippen molar-refractivity contribution in [3.8, 4) is 5.88 Å². The molecule has 1 aliphatic rings. The molecule has 6 heteroatoms. The Morgan fingerprint density at radius 2 is 2.44 bits per heavy atom. The second kappa shape index (κ2) is 5.66. The fraction of sp³-hybridized carbons (Fsp3) is 0.583. The minimum absolute atomic E-state index is 0.238. The van der Waals surface area contributed by atoms with Gasteiger partial charge < -0.3 is 14.7 Å². The molecule has 1 fully saturated rings. The van der Waals surface area contributed by atoms with Gasteiger partial charge in [0.2, 0.25) is 5.88 Å². The average molecular weight is 251 g/mol. The monoisotopic (exact) mass is 251 g/mol. The van der Waals surface area contributed by atoms with Crippen molar-refractivity contribution in [2.75, 3.05) is 25.1 Å². The summed E-state index contributed by atoms with van der Waals surface area (Å²) in [6, 6.07) is 0. The van der Waals surface area contributed by atoms with E-state index in [4.69, 9.17) is 9.84 Å². The molecule has 0 spiro atoms. The molecular formula is C12H17N3O3. The van der Waals surface area contributed by atoms with Crippen molar-refractivity contribution in [3.63, 3.8) is 0 Å². The summed E-state index contributed by atoms with van der Waals surface area (Å²) in [6.07, 6.45) is 5.25. The van der Waals surface area contributed by atoms with Gasteiger partial charge in [-0.25, -0.2) is 0 Å². The van der Waals surface area contributed by atoms with Gasteiger partial charge in [0.1, 0.15) is 0 Å². The summed E-state index contributed by atoms with van der Waals surface area (Å²) < 4.78 is 5.04. The summed E-state index contributed by atoms with van der Waals surface area (Å²) in [5.74, 6) is 0.998. The van der Waals surface area contributed by atoms with Gasteiger partial charge in [-0.05, 0) is 18.8 Å². The molecule has 1 saturated heterocycles. The molecule has 98 valence electrons. The first kappa shape index (κ1) is 12.6. The smallest absolute Gasteiger partial charge is 0.303 e. The normalized spacial score (nSPS) is 18.9. The van der Waals surface area contributed by atoms with Gasteiger partial charge in [0.15, 0.2) is 5.82 Å². The molecule has 1 atom stereocenters. The van der Waals surface area contributed by atoms with Crippen molar-refractivity contribution in [2.24, 2.45) is 5.92 Å². The molecule has 18 heavy (non-hydrogen) atoms. The van der Waals surface area contributed by atoms with E-state index in [2.05, 4.69) is 14.9 Å². The van der Waals surface area contributed by atoms with E-state index in [1.807, 2.05) is 0 Å². The zero-order valence-corrected chi connectivity index (χ0v) is 10.4. The molecule has 1 aromatic heterocycles. The number of aliphatic carboxylic acids is 1. The topological polar surface area (TPSA) is 75.5 Å². The van der Waals surface area contributed by atoms with E-state index in [-0.39, 0.29) is 6.42 Å². The van der Waals surface area contributed by atoms with Crippen LogP contribution in [0.15, 0.2) is 12.4 Å². The van der Waals surface area contributed by atoms with Crippen molar-refractivity contribution >= 4 is 11.8 Å². The largest absolute Gasteiger partial charge is 0.481 e. The van der Waals surface area contributed by atoms with E-state index in [1.54, 1.807) is 19.5 Å². The average Bonchev–Trinajstić information content (AvgIpc) is 2.85. The summed E-state index contributed by atoms with van der Waals surface area (Å²) in [5, 5.41) is 8.67. The van der Waals surface area contributed by atoms with E-state index >= 15 is 0 Å². The molecule has 0 saturated carbocycles. The molecule has 0 aliphatic carbocycles. The molecule has 1 aliphatic heterocycles. The number of ether oxygens (including phenoxy) is 1. The van der Waals surface area contributed by atoms with Crippen LogP contribution in [0.2, 0.25) is 0 Å². The predicted octanol–water partition coefficient (Wildman–Crippen LogP) is 1.18. The van der Waals surface area contributed by atoms with E-state index in [1.165, 1.54) is 0 Å². The standard InChI is InChI=1S/C12H17N3O3/c1-18-11-7-13-6-10(14-11)15-5-4-9(8-15)2-3-12(16)17/h6-7,9H,2-5,8H2,1H3,(H,16,17). The Balaban J connectivity index is 1.93. The van der Waals surface area contributed by atoms with Gasteiger partial charge in [0, 0.05) is 19.5 Å². The first-order valence-electron chi connectivity index (χ1n) is 6.02. The lowest BCUT2D eigenvalue weighted by Gasteiger charge is -2.17. The van der Waals surface area contributed by atoms with Crippen molar-refractivity contribution in [2.45, 2.75) is 19.3 Å². The zero-order chi connectivity index (χ0) is 13.0. The summed E-state index contributed by atoms with van der Waals surface area (Å²) in [6.45, 7) is 1.74. The Hall–Kier alpha value is -1.85. The molecule has 1 unspecified atom stereocenters. The van der Waals surface area contributed by atoms with Gasteiger partial charge in [-0.2, -0.15) is 4.98 Å². The van der Waals surface area contributed by atoms with Crippen LogP contribution in [-0.4, -0.2) is 41.2 Å². The van der Waals surface area contributed by atoms with Crippen molar-refractivity contribution < 1.29 is 14.6 Å². The van der Waals surface area contributed by atoms with E-state index in [9.17, 15) is 4.79 Å². The first-order chi connectivity index (χ1) is 8.69. The van der Waals surface area contributed by atoms with E-state index in [0.29, 0.717) is 11.8 Å². The van der Waals surface area contributed by atoms with Gasteiger partial charge in [-0.15, -0.1) is 0 Å². The van der Waals surface area contributed by atoms with Gasteiger partial charge in [0.25, 0.3) is 0 Å². The molecule has 6 nitrogen and oxygen atoms in total. The van der Waals surface area contributed by atoms with Crippen LogP contribution in [0, 0.1) is 5.92 Å². The minimum Gasteiger partial charge on any atom is -0.481 e. The fourth-order valence-corrected chi connectivity index (χ4v) is 2.19. The van der Waals surface area contributed by atoms with Gasteiger partial charge in [-0.1, -0.05) is 0 Å². The highest BCUT2D eigenvalue weighted by Crippen LogP contribution is 2.25. The van der Waals surface area contributed by atoms with Gasteiger partial charge >= 0.3 is 5.97 Å². The van der Waals surface area contributed by atoms with Crippen LogP contribution in [0.4, 0.5) is 5.82 Å². The fourth-order valence-electron chi connectivity index (χ4n) is 2.19. The lowest BCUT2D eigenvalue weighted by molar-refractivity contribution is -0.137. The van der Waals surface area contributed by atoms with Gasteiger partial charge in [0.05, 0.1) is 19.5 Å². The molecule has 0 bridgehead atoms. The van der Waals surface area contributed by atoms with Crippen molar-refractivity contribution in [1.82, 2.24) is 9.97 Å². The molecule has 0 aromatic carbocycles. The number of anilines is 1. The quantitative estimate of drug-likeness (QED) is 0.846. The summed E-state index contributed by atoms with van der Waals surface area (Å²) in [5.41, 5.74) is 0. The number of rotatable bonds is 5. The van der Waals surface area contributed by atoms with E-state index in [0.717, 1.165) is 31.7 Å². The number of methoxy groups -OCH3 is 1. The molecule has 2 heterocycles. The first-order valence-corrected chi connectivity index (χ1v) is 6.02. The number of aromatic nitrogens is 2. The molecule has 1 aromatic rings. The van der Waals surface area contributed by atoms with Crippen LogP contribution in [0.5, 0.6) is 5.88 Å². The lowest BCUT2D eigenvalue weighted by Crippen LogP contribution is -2.21. The lowest BCUT2D eigenvalue weighted by atomic mass is 10.0. The van der Waals surface area contributed by atoms with Crippen LogP contribution in [-0.2, 0) is 4.79 Å². The number of carbonyl (C=O) groups is 1. The molecule has 0 radical (unpaired) electrons. The second-order valence-electron chi connectivity index (χ2n) is 4.45. The summed E-state index contributed by atoms with van der Waals surface area (Å²) in [7, 11) is 1.56. The number of hydrogen-bond acceptors (Lipinski definition) is 5. The molecular weight excluding hydrogens is 234 g/mol. The third kappa shape index (κ3) is 3.09. The number of carboxylic acid groups (broad SMARTS) is 1. The number of carboxylic acids is 1.